The molecule has 0 rings (SSSR count). The maximum atomic E-state index is 9.80. The van der Waals surface area contributed by atoms with Gasteiger partial charge >= 0.3 is 29.6 Å². The summed E-state index contributed by atoms with van der Waals surface area (Å²) in [5, 5.41) is 9.80. The molecule has 2 nitrogen and oxygen atoms in total. The first-order valence-electron chi connectivity index (χ1n) is 3.31. The summed E-state index contributed by atoms with van der Waals surface area (Å²) in [4.78, 5) is 9.80. The molecule has 0 aliphatic carbocycles. The number of carboxylic acid groups (broad SMARTS) is 1. The molecule has 0 aliphatic heterocycles. The first-order chi connectivity index (χ1) is 4.27. The van der Waals surface area contributed by atoms with Gasteiger partial charge in [0.2, 0.25) is 0 Å². The Bertz CT molecular complexity index is 87.8. The maximum Gasteiger partial charge on any atom is 1.00 e. The van der Waals surface area contributed by atoms with E-state index >= 15 is 0 Å². The fourth-order valence-corrected chi connectivity index (χ4v) is 0.614. The Morgan fingerprint density at radius 1 is 1.50 bits per heavy atom. The molecule has 0 amide bonds. The molecule has 0 spiro atoms. The van der Waals surface area contributed by atoms with Crippen LogP contribution in [0.3, 0.4) is 0 Å². The quantitative estimate of drug-likeness (QED) is 0.324. The van der Waals surface area contributed by atoms with Crippen molar-refractivity contribution >= 4 is 13.1 Å². The van der Waals surface area contributed by atoms with E-state index < -0.39 is 5.87 Å². The zero-order valence-electron chi connectivity index (χ0n) is 6.72. The van der Waals surface area contributed by atoms with Crippen molar-refractivity contribution in [2.45, 2.75) is 32.5 Å². The maximum absolute atomic E-state index is 9.80. The average Bonchev–Trinajstić information content (AvgIpc) is 1.80. The standard InChI is InChI=1S/C6H12BO2.Na/c1-2-3-4-5-7-6(8)9;/h2-5H2,1H3,(H,8,9);/q;+1/p-1. The summed E-state index contributed by atoms with van der Waals surface area (Å²) in [5.41, 5.74) is 0. The van der Waals surface area contributed by atoms with Gasteiger partial charge in [0, 0.05) is 0 Å². The monoisotopic (exact) mass is 149 g/mol. The fraction of sp³-hybridized carbons (Fsp3) is 0.833. The van der Waals surface area contributed by atoms with Gasteiger partial charge in [0.1, 0.15) is 0 Å². The Morgan fingerprint density at radius 3 is 2.50 bits per heavy atom. The fourth-order valence-electron chi connectivity index (χ4n) is 0.614. The van der Waals surface area contributed by atoms with Gasteiger partial charge in [0.25, 0.3) is 0 Å². The summed E-state index contributed by atoms with van der Waals surface area (Å²) >= 11 is 0. The van der Waals surface area contributed by atoms with Crippen LogP contribution < -0.4 is 34.7 Å². The Morgan fingerprint density at radius 2 is 2.10 bits per heavy atom. The summed E-state index contributed by atoms with van der Waals surface area (Å²) in [6.07, 6.45) is 3.84. The molecule has 0 N–H and O–H groups in total. The molecule has 4 heteroatoms. The van der Waals surface area contributed by atoms with E-state index in [4.69, 9.17) is 0 Å². The second kappa shape index (κ2) is 9.53. The van der Waals surface area contributed by atoms with Crippen molar-refractivity contribution in [1.82, 2.24) is 0 Å². The van der Waals surface area contributed by atoms with E-state index in [2.05, 4.69) is 6.92 Å². The summed E-state index contributed by atoms with van der Waals surface area (Å²) in [6, 6.07) is 0. The van der Waals surface area contributed by atoms with Crippen LogP contribution in [0.1, 0.15) is 26.2 Å². The Labute approximate surface area is 84.9 Å². The predicted octanol–water partition coefficient (Wildman–Crippen LogP) is -2.35. The van der Waals surface area contributed by atoms with Crippen LogP contribution in [0.4, 0.5) is 4.79 Å². The van der Waals surface area contributed by atoms with E-state index in [1.54, 1.807) is 0 Å². The van der Waals surface area contributed by atoms with Crippen molar-refractivity contribution < 1.29 is 39.5 Å². The zero-order valence-corrected chi connectivity index (χ0v) is 8.72. The summed E-state index contributed by atoms with van der Waals surface area (Å²) in [5.74, 6) is -1.05. The van der Waals surface area contributed by atoms with Gasteiger partial charge in [0.15, 0.2) is 7.28 Å². The van der Waals surface area contributed by atoms with Crippen LogP contribution in [0.5, 0.6) is 0 Å². The number of hydrogen-bond acceptors (Lipinski definition) is 2. The van der Waals surface area contributed by atoms with Crippen LogP contribution in [0.15, 0.2) is 0 Å². The smallest absolute Gasteiger partial charge is 0.562 e. The van der Waals surface area contributed by atoms with Crippen molar-refractivity contribution in [3.05, 3.63) is 0 Å². The van der Waals surface area contributed by atoms with Crippen LogP contribution in [0.2, 0.25) is 6.32 Å². The Balaban J connectivity index is 0. The van der Waals surface area contributed by atoms with Gasteiger partial charge in [-0.2, -0.15) is 0 Å². The summed E-state index contributed by atoms with van der Waals surface area (Å²) in [7, 11) is 1.20. The third kappa shape index (κ3) is 11.3. The molecular formula is C6H11BNaO2. The number of rotatable bonds is 5. The zero-order chi connectivity index (χ0) is 7.11. The van der Waals surface area contributed by atoms with E-state index in [9.17, 15) is 9.90 Å². The number of unbranched alkanes of at least 4 members (excludes halogenated alkanes) is 2. The van der Waals surface area contributed by atoms with Crippen LogP contribution in [0, 0.1) is 0 Å². The van der Waals surface area contributed by atoms with Crippen molar-refractivity contribution in [3.63, 3.8) is 0 Å². The van der Waals surface area contributed by atoms with E-state index in [0.29, 0.717) is 6.32 Å². The van der Waals surface area contributed by atoms with Crippen molar-refractivity contribution in [1.29, 1.82) is 0 Å². The molecule has 0 aromatic carbocycles. The van der Waals surface area contributed by atoms with E-state index in [0.717, 1.165) is 19.3 Å². The minimum atomic E-state index is -1.05. The SMILES string of the molecule is CCCCC[B]C(=O)[O-].[Na+]. The van der Waals surface area contributed by atoms with Crippen LogP contribution in [-0.4, -0.2) is 13.1 Å². The molecule has 51 valence electrons. The molecule has 0 fully saturated rings. The van der Waals surface area contributed by atoms with Crippen molar-refractivity contribution in [3.8, 4) is 0 Å². The first kappa shape index (κ1) is 13.1. The van der Waals surface area contributed by atoms with E-state index in [1.807, 2.05) is 0 Å². The average molecular weight is 149 g/mol. The van der Waals surface area contributed by atoms with Gasteiger partial charge < -0.3 is 9.90 Å². The molecule has 0 saturated carbocycles. The molecule has 0 aromatic heterocycles. The minimum Gasteiger partial charge on any atom is -0.562 e. The molecule has 0 heterocycles. The van der Waals surface area contributed by atoms with Crippen molar-refractivity contribution in [2.24, 2.45) is 0 Å². The molecule has 10 heavy (non-hydrogen) atoms. The van der Waals surface area contributed by atoms with Crippen LogP contribution in [0.25, 0.3) is 0 Å². The van der Waals surface area contributed by atoms with Gasteiger partial charge in [-0.25, -0.2) is 0 Å². The molecular weight excluding hydrogens is 138 g/mol. The molecule has 0 saturated heterocycles. The van der Waals surface area contributed by atoms with Gasteiger partial charge in [-0.3, -0.25) is 0 Å². The Hall–Kier alpha value is 0.535. The van der Waals surface area contributed by atoms with Crippen molar-refractivity contribution in [2.75, 3.05) is 0 Å². The largest absolute Gasteiger partial charge is 1.00 e. The predicted molar refractivity (Wildman–Crippen MR) is 35.5 cm³/mol. The normalized spacial score (nSPS) is 8.10. The second-order valence-corrected chi connectivity index (χ2v) is 2.02. The van der Waals surface area contributed by atoms with E-state index in [-0.39, 0.29) is 29.6 Å². The molecule has 1 radical (unpaired) electrons. The topological polar surface area (TPSA) is 40.1 Å². The van der Waals surface area contributed by atoms with Gasteiger partial charge in [0.05, 0.1) is 0 Å². The van der Waals surface area contributed by atoms with Crippen LogP contribution >= 0.6 is 0 Å². The summed E-state index contributed by atoms with van der Waals surface area (Å²) < 4.78 is 0. The van der Waals surface area contributed by atoms with Gasteiger partial charge in [-0.05, 0) is 5.87 Å². The molecule has 0 aromatic rings. The van der Waals surface area contributed by atoms with Gasteiger partial charge in [-0.1, -0.05) is 32.5 Å². The first-order valence-corrected chi connectivity index (χ1v) is 3.31. The minimum absolute atomic E-state index is 0. The third-order valence-corrected chi connectivity index (χ3v) is 1.12. The summed E-state index contributed by atoms with van der Waals surface area (Å²) in [6.45, 7) is 2.08. The molecule has 0 bridgehead atoms. The molecule has 0 unspecified atom stereocenters. The van der Waals surface area contributed by atoms with Gasteiger partial charge in [-0.15, -0.1) is 0 Å². The molecule has 0 aliphatic rings. The number of carbonyl (C=O) groups is 1. The second-order valence-electron chi connectivity index (χ2n) is 2.02. The number of carbonyl (C=O) groups excluding carboxylic acids is 1. The Kier molecular flexibility index (Phi) is 12.5. The molecule has 0 atom stereocenters. The van der Waals surface area contributed by atoms with Crippen LogP contribution in [-0.2, 0) is 0 Å². The third-order valence-electron chi connectivity index (χ3n) is 1.12. The van der Waals surface area contributed by atoms with E-state index in [1.165, 1.54) is 7.28 Å². The number of hydrogen-bond donors (Lipinski definition) is 0.